The van der Waals surface area contributed by atoms with Crippen LogP contribution in [0.1, 0.15) is 29.0 Å². The molecule has 9 heteroatoms. The fourth-order valence-corrected chi connectivity index (χ4v) is 4.88. The second kappa shape index (κ2) is 14.3. The molecule has 2 amide bonds. The van der Waals surface area contributed by atoms with Crippen molar-refractivity contribution in [3.8, 4) is 11.1 Å². The predicted octanol–water partition coefficient (Wildman–Crippen LogP) is 3.63. The molecule has 4 rings (SSSR count). The smallest absolute Gasteiger partial charge is 0.407 e. The highest BCUT2D eigenvalue weighted by atomic mass is 16.5. The Balaban J connectivity index is 1.35. The summed E-state index contributed by atoms with van der Waals surface area (Å²) in [5.74, 6) is -1.41. The summed E-state index contributed by atoms with van der Waals surface area (Å²) < 4.78 is 10.9. The Morgan fingerprint density at radius 1 is 0.900 bits per heavy atom. The van der Waals surface area contributed by atoms with Gasteiger partial charge in [-0.2, -0.15) is 0 Å². The van der Waals surface area contributed by atoms with Crippen LogP contribution in [0.4, 0.5) is 4.79 Å². The highest BCUT2D eigenvalue weighted by Gasteiger charge is 2.30. The Hall–Kier alpha value is -4.21. The molecule has 1 aliphatic rings. The summed E-state index contributed by atoms with van der Waals surface area (Å²) >= 11 is 0. The van der Waals surface area contributed by atoms with Crippen LogP contribution >= 0.6 is 0 Å². The molecule has 3 aromatic rings. The number of carboxylic acid groups (broad SMARTS) is 1. The van der Waals surface area contributed by atoms with Crippen LogP contribution in [0.25, 0.3) is 11.1 Å². The van der Waals surface area contributed by atoms with E-state index in [1.165, 1.54) is 0 Å². The lowest BCUT2D eigenvalue weighted by Gasteiger charge is -2.25. The second-order valence-electron chi connectivity index (χ2n) is 9.75. The molecule has 0 spiro atoms. The number of carbonyl (C=O) groups is 3. The Labute approximate surface area is 234 Å². The lowest BCUT2D eigenvalue weighted by atomic mass is 9.98. The number of nitrogens with zero attached hydrogens (tertiary/aromatic N) is 1. The van der Waals surface area contributed by atoms with Crippen molar-refractivity contribution in [2.24, 2.45) is 0 Å². The van der Waals surface area contributed by atoms with E-state index in [0.29, 0.717) is 6.54 Å². The molecular weight excluding hydrogens is 510 g/mol. The normalized spacial score (nSPS) is 12.8. The van der Waals surface area contributed by atoms with E-state index in [1.807, 2.05) is 66.5 Å². The molecule has 1 aliphatic carbocycles. The Morgan fingerprint density at radius 3 is 2.17 bits per heavy atom. The lowest BCUT2D eigenvalue weighted by molar-refractivity contribution is -0.138. The average molecular weight is 546 g/mol. The molecule has 0 saturated carbocycles. The van der Waals surface area contributed by atoms with Gasteiger partial charge in [-0.3, -0.25) is 14.5 Å². The number of fused-ring (bicyclic) bond motifs is 3. The number of carboxylic acids is 1. The summed E-state index contributed by atoms with van der Waals surface area (Å²) in [6.07, 6.45) is -0.780. The molecule has 0 fully saturated rings. The van der Waals surface area contributed by atoms with E-state index in [0.717, 1.165) is 27.8 Å². The number of likely N-dealkylation sites (N-methyl/N-ethyl adjacent to an activating group) is 1. The molecule has 0 aromatic heterocycles. The zero-order valence-corrected chi connectivity index (χ0v) is 22.5. The van der Waals surface area contributed by atoms with Crippen LogP contribution in [0.2, 0.25) is 0 Å². The third-order valence-electron chi connectivity index (χ3n) is 6.75. The SMILES string of the molecule is CN(Cc1ccccc1)CC(NC(=O)OCC1c2ccccc2-c2ccccc21)C(=O)NCCOCCC(=O)O. The maximum Gasteiger partial charge on any atom is 0.407 e. The molecule has 0 bridgehead atoms. The van der Waals surface area contributed by atoms with E-state index >= 15 is 0 Å². The molecule has 0 saturated heterocycles. The van der Waals surface area contributed by atoms with E-state index < -0.39 is 18.1 Å². The van der Waals surface area contributed by atoms with Crippen molar-refractivity contribution in [3.63, 3.8) is 0 Å². The fourth-order valence-electron chi connectivity index (χ4n) is 4.88. The van der Waals surface area contributed by atoms with Crippen LogP contribution in [-0.4, -0.2) is 74.0 Å². The summed E-state index contributed by atoms with van der Waals surface area (Å²) in [7, 11) is 1.88. The van der Waals surface area contributed by atoms with Gasteiger partial charge in [-0.15, -0.1) is 0 Å². The third kappa shape index (κ3) is 7.91. The van der Waals surface area contributed by atoms with Crippen molar-refractivity contribution < 1.29 is 29.0 Å². The molecule has 0 heterocycles. The quantitative estimate of drug-likeness (QED) is 0.265. The van der Waals surface area contributed by atoms with Crippen molar-refractivity contribution in [3.05, 3.63) is 95.6 Å². The van der Waals surface area contributed by atoms with Crippen molar-refractivity contribution in [2.45, 2.75) is 24.9 Å². The Kier molecular flexibility index (Phi) is 10.3. The number of ether oxygens (including phenoxy) is 2. The van der Waals surface area contributed by atoms with Crippen LogP contribution in [-0.2, 0) is 25.6 Å². The van der Waals surface area contributed by atoms with Crippen LogP contribution in [0.5, 0.6) is 0 Å². The van der Waals surface area contributed by atoms with E-state index in [4.69, 9.17) is 14.6 Å². The zero-order valence-electron chi connectivity index (χ0n) is 22.5. The minimum absolute atomic E-state index is 0.0619. The van der Waals surface area contributed by atoms with E-state index in [9.17, 15) is 14.4 Å². The van der Waals surface area contributed by atoms with Gasteiger partial charge in [-0.25, -0.2) is 4.79 Å². The number of hydrogen-bond donors (Lipinski definition) is 3. The number of hydrogen-bond acceptors (Lipinski definition) is 6. The Bertz CT molecular complexity index is 1250. The second-order valence-corrected chi connectivity index (χ2v) is 9.75. The molecule has 1 atom stereocenters. The van der Waals surface area contributed by atoms with E-state index in [1.54, 1.807) is 0 Å². The highest BCUT2D eigenvalue weighted by molar-refractivity contribution is 5.86. The van der Waals surface area contributed by atoms with E-state index in [-0.39, 0.29) is 51.2 Å². The largest absolute Gasteiger partial charge is 0.481 e. The zero-order chi connectivity index (χ0) is 28.3. The van der Waals surface area contributed by atoms with Crippen LogP contribution in [0.15, 0.2) is 78.9 Å². The van der Waals surface area contributed by atoms with Gasteiger partial charge < -0.3 is 25.2 Å². The first-order valence-electron chi connectivity index (χ1n) is 13.3. The van der Waals surface area contributed by atoms with Gasteiger partial charge in [-0.1, -0.05) is 78.9 Å². The van der Waals surface area contributed by atoms with Crippen molar-refractivity contribution in [1.29, 1.82) is 0 Å². The highest BCUT2D eigenvalue weighted by Crippen LogP contribution is 2.44. The third-order valence-corrected chi connectivity index (χ3v) is 6.75. The van der Waals surface area contributed by atoms with Gasteiger partial charge in [0.1, 0.15) is 12.6 Å². The molecule has 40 heavy (non-hydrogen) atoms. The molecule has 3 aromatic carbocycles. The maximum absolute atomic E-state index is 13.0. The minimum atomic E-state index is -0.946. The predicted molar refractivity (Wildman–Crippen MR) is 151 cm³/mol. The number of alkyl carbamates (subject to hydrolysis) is 1. The van der Waals surface area contributed by atoms with Gasteiger partial charge in [0.25, 0.3) is 0 Å². The molecular formula is C31H35N3O6. The van der Waals surface area contributed by atoms with Crippen LogP contribution < -0.4 is 10.6 Å². The van der Waals surface area contributed by atoms with Gasteiger partial charge in [0.05, 0.1) is 19.6 Å². The minimum Gasteiger partial charge on any atom is -0.481 e. The molecule has 0 radical (unpaired) electrons. The number of amides is 2. The first-order chi connectivity index (χ1) is 19.4. The van der Waals surface area contributed by atoms with Crippen molar-refractivity contribution in [1.82, 2.24) is 15.5 Å². The summed E-state index contributed by atoms with van der Waals surface area (Å²) in [6.45, 7) is 1.40. The van der Waals surface area contributed by atoms with Crippen LogP contribution in [0.3, 0.4) is 0 Å². The number of aliphatic carboxylic acids is 1. The maximum atomic E-state index is 13.0. The fraction of sp³-hybridized carbons (Fsp3) is 0.323. The van der Waals surface area contributed by atoms with Gasteiger partial charge in [0.2, 0.25) is 5.91 Å². The molecule has 0 aliphatic heterocycles. The van der Waals surface area contributed by atoms with Gasteiger partial charge in [0.15, 0.2) is 0 Å². The van der Waals surface area contributed by atoms with Gasteiger partial charge in [0, 0.05) is 25.6 Å². The Morgan fingerprint density at radius 2 is 1.52 bits per heavy atom. The topological polar surface area (TPSA) is 117 Å². The number of benzene rings is 3. The van der Waals surface area contributed by atoms with E-state index in [2.05, 4.69) is 34.9 Å². The summed E-state index contributed by atoms with van der Waals surface area (Å²) in [6, 6.07) is 25.2. The summed E-state index contributed by atoms with van der Waals surface area (Å²) in [5, 5.41) is 14.2. The lowest BCUT2D eigenvalue weighted by Crippen LogP contribution is -2.52. The molecule has 9 nitrogen and oxygen atoms in total. The van der Waals surface area contributed by atoms with Crippen LogP contribution in [0, 0.1) is 0 Å². The van der Waals surface area contributed by atoms with Gasteiger partial charge in [-0.05, 0) is 34.9 Å². The first-order valence-corrected chi connectivity index (χ1v) is 13.3. The molecule has 3 N–H and O–H groups in total. The number of nitrogens with one attached hydrogen (secondary N) is 2. The summed E-state index contributed by atoms with van der Waals surface area (Å²) in [5.41, 5.74) is 5.57. The van der Waals surface area contributed by atoms with Crippen molar-refractivity contribution in [2.75, 3.05) is 40.0 Å². The summed E-state index contributed by atoms with van der Waals surface area (Å²) in [4.78, 5) is 38.6. The number of carbonyl (C=O) groups excluding carboxylic acids is 2. The monoisotopic (exact) mass is 545 g/mol. The van der Waals surface area contributed by atoms with Crippen molar-refractivity contribution >= 4 is 18.0 Å². The molecule has 1 unspecified atom stereocenters. The average Bonchev–Trinajstić information content (AvgIpc) is 3.27. The molecule has 210 valence electrons. The standard InChI is InChI=1S/C31H35N3O6/c1-34(19-22-9-3-2-4-10-22)20-28(30(37)32-16-18-39-17-15-29(35)36)33-31(38)40-21-27-25-13-7-5-11-23(25)24-12-6-8-14-26(24)27/h2-14,27-28H,15-21H2,1H3,(H,32,37)(H,33,38)(H,35,36). The number of rotatable bonds is 14. The first kappa shape index (κ1) is 28.8. The van der Waals surface area contributed by atoms with Gasteiger partial charge >= 0.3 is 12.1 Å².